The minimum absolute atomic E-state index is 0.466. The van der Waals surface area contributed by atoms with E-state index in [2.05, 4.69) is 44.9 Å². The number of aromatic nitrogens is 9. The van der Waals surface area contributed by atoms with E-state index in [-0.39, 0.29) is 0 Å². The molecule has 0 fully saturated rings. The van der Waals surface area contributed by atoms with Crippen LogP contribution in [-0.4, -0.2) is 44.9 Å². The number of nitrogens with zero attached hydrogens (tertiary/aromatic N) is 9. The van der Waals surface area contributed by atoms with Crippen LogP contribution in [0, 0.1) is 0 Å². The fourth-order valence-corrected chi connectivity index (χ4v) is 3.85. The quantitative estimate of drug-likeness (QED) is 0.434. The van der Waals surface area contributed by atoms with Crippen LogP contribution in [0.15, 0.2) is 86.3 Å². The van der Waals surface area contributed by atoms with Gasteiger partial charge in [-0.25, -0.2) is 29.9 Å². The van der Waals surface area contributed by atoms with E-state index >= 15 is 0 Å². The standard InChI is InChI=1S/C15H9N9S3/c1-4-16-10(17-5-1)25-13-22-14(26-11-18-6-2-7-19-11)24-15(23-13)27-12-20-8-3-9-21-12/h1-9H. The molecule has 12 heteroatoms. The maximum Gasteiger partial charge on any atom is 0.200 e. The minimum Gasteiger partial charge on any atom is -0.231 e. The highest BCUT2D eigenvalue weighted by molar-refractivity contribution is 8.00. The third-order valence-electron chi connectivity index (χ3n) is 2.75. The fraction of sp³-hybridized carbons (Fsp3) is 0. The Labute approximate surface area is 166 Å². The molecule has 0 N–H and O–H groups in total. The van der Waals surface area contributed by atoms with Crippen molar-refractivity contribution in [1.29, 1.82) is 0 Å². The molecule has 0 aliphatic carbocycles. The molecule has 0 unspecified atom stereocenters. The molecule has 4 aromatic heterocycles. The third-order valence-corrected chi connectivity index (χ3v) is 5.02. The topological polar surface area (TPSA) is 116 Å². The van der Waals surface area contributed by atoms with Gasteiger partial charge in [-0.15, -0.1) is 0 Å². The molecule has 0 aromatic carbocycles. The molecule has 4 rings (SSSR count). The van der Waals surface area contributed by atoms with Gasteiger partial charge in [-0.3, -0.25) is 0 Å². The van der Waals surface area contributed by atoms with Gasteiger partial charge in [-0.2, -0.15) is 15.0 Å². The second-order valence-electron chi connectivity index (χ2n) is 4.58. The van der Waals surface area contributed by atoms with E-state index in [1.54, 1.807) is 55.4 Å². The largest absolute Gasteiger partial charge is 0.231 e. The Morgan fingerprint density at radius 1 is 0.370 bits per heavy atom. The van der Waals surface area contributed by atoms with Gasteiger partial charge in [0.1, 0.15) is 0 Å². The fourth-order valence-electron chi connectivity index (χ4n) is 1.72. The molecule has 0 atom stereocenters. The maximum absolute atomic E-state index is 4.46. The molecular formula is C15H9N9S3. The van der Waals surface area contributed by atoms with Crippen LogP contribution in [0.1, 0.15) is 0 Å². The average Bonchev–Trinajstić information content (AvgIpc) is 2.70. The van der Waals surface area contributed by atoms with Gasteiger partial charge >= 0.3 is 0 Å². The highest BCUT2D eigenvalue weighted by Gasteiger charge is 2.13. The van der Waals surface area contributed by atoms with Crippen molar-refractivity contribution in [2.45, 2.75) is 30.9 Å². The zero-order valence-electron chi connectivity index (χ0n) is 13.4. The number of hydrogen-bond acceptors (Lipinski definition) is 12. The predicted molar refractivity (Wildman–Crippen MR) is 98.3 cm³/mol. The van der Waals surface area contributed by atoms with Crippen LogP contribution in [0.4, 0.5) is 0 Å². The monoisotopic (exact) mass is 411 g/mol. The molecular weight excluding hydrogens is 402 g/mol. The normalized spacial score (nSPS) is 10.7. The van der Waals surface area contributed by atoms with Crippen molar-refractivity contribution < 1.29 is 0 Å². The van der Waals surface area contributed by atoms with Crippen LogP contribution in [0.3, 0.4) is 0 Å². The molecule has 0 radical (unpaired) electrons. The Balaban J connectivity index is 1.64. The highest BCUT2D eigenvalue weighted by atomic mass is 32.2. The van der Waals surface area contributed by atoms with Crippen LogP contribution < -0.4 is 0 Å². The molecule has 0 saturated heterocycles. The molecule has 9 nitrogen and oxygen atoms in total. The lowest BCUT2D eigenvalue weighted by atomic mass is 10.7. The summed E-state index contributed by atoms with van der Waals surface area (Å²) in [4.78, 5) is 38.5. The van der Waals surface area contributed by atoms with E-state index in [9.17, 15) is 0 Å². The van der Waals surface area contributed by atoms with Gasteiger partial charge in [0.2, 0.25) is 0 Å². The first-order valence-corrected chi connectivity index (χ1v) is 9.91. The Morgan fingerprint density at radius 2 is 0.630 bits per heavy atom. The number of hydrogen-bond donors (Lipinski definition) is 0. The van der Waals surface area contributed by atoms with Crippen molar-refractivity contribution in [1.82, 2.24) is 44.9 Å². The molecule has 0 bridgehead atoms. The zero-order chi connectivity index (χ0) is 18.3. The molecule has 0 aliphatic heterocycles. The first kappa shape index (κ1) is 17.7. The summed E-state index contributed by atoms with van der Waals surface area (Å²) in [5.41, 5.74) is 0. The molecule has 0 spiro atoms. The first-order chi connectivity index (χ1) is 13.3. The van der Waals surface area contributed by atoms with E-state index in [0.29, 0.717) is 30.9 Å². The van der Waals surface area contributed by atoms with Gasteiger partial charge < -0.3 is 0 Å². The highest BCUT2D eigenvalue weighted by Crippen LogP contribution is 2.29. The van der Waals surface area contributed by atoms with E-state index in [1.807, 2.05) is 0 Å². The van der Waals surface area contributed by atoms with Crippen molar-refractivity contribution in [2.75, 3.05) is 0 Å². The molecule has 0 amide bonds. The van der Waals surface area contributed by atoms with Crippen molar-refractivity contribution in [3.05, 3.63) is 55.4 Å². The van der Waals surface area contributed by atoms with Crippen LogP contribution in [0.5, 0.6) is 0 Å². The van der Waals surface area contributed by atoms with E-state index in [4.69, 9.17) is 0 Å². The van der Waals surface area contributed by atoms with Crippen molar-refractivity contribution in [3.8, 4) is 0 Å². The van der Waals surface area contributed by atoms with Crippen molar-refractivity contribution in [2.24, 2.45) is 0 Å². The van der Waals surface area contributed by atoms with Crippen LogP contribution in [0.2, 0.25) is 0 Å². The van der Waals surface area contributed by atoms with Gasteiger partial charge in [0, 0.05) is 37.2 Å². The molecule has 132 valence electrons. The lowest BCUT2D eigenvalue weighted by Crippen LogP contribution is -1.99. The summed E-state index contributed by atoms with van der Waals surface area (Å²) in [6.45, 7) is 0. The predicted octanol–water partition coefficient (Wildman–Crippen LogP) is 2.70. The third kappa shape index (κ3) is 5.15. The summed E-state index contributed by atoms with van der Waals surface area (Å²) in [7, 11) is 0. The van der Waals surface area contributed by atoms with Crippen LogP contribution >= 0.6 is 35.3 Å². The maximum atomic E-state index is 4.46. The van der Waals surface area contributed by atoms with Crippen molar-refractivity contribution in [3.63, 3.8) is 0 Å². The smallest absolute Gasteiger partial charge is 0.200 e. The van der Waals surface area contributed by atoms with E-state index in [0.717, 1.165) is 0 Å². The Morgan fingerprint density at radius 3 is 0.889 bits per heavy atom. The second-order valence-corrected chi connectivity index (χ2v) is 7.39. The summed E-state index contributed by atoms with van der Waals surface area (Å²) in [6.07, 6.45) is 9.98. The SMILES string of the molecule is c1cnc(Sc2nc(Sc3ncccn3)nc(Sc3ncccn3)n2)nc1. The first-order valence-electron chi connectivity index (χ1n) is 7.46. The summed E-state index contributed by atoms with van der Waals surface area (Å²) in [5.74, 6) is 0. The van der Waals surface area contributed by atoms with E-state index in [1.165, 1.54) is 35.3 Å². The van der Waals surface area contributed by atoms with Crippen molar-refractivity contribution >= 4 is 35.3 Å². The van der Waals surface area contributed by atoms with Crippen LogP contribution in [0.25, 0.3) is 0 Å². The second kappa shape index (κ2) is 8.79. The Hall–Kier alpha value is -2.70. The van der Waals surface area contributed by atoms with Gasteiger partial charge in [0.25, 0.3) is 0 Å². The van der Waals surface area contributed by atoms with Gasteiger partial charge in [0.15, 0.2) is 30.9 Å². The van der Waals surface area contributed by atoms with Gasteiger partial charge in [-0.1, -0.05) is 0 Å². The van der Waals surface area contributed by atoms with E-state index < -0.39 is 0 Å². The lowest BCUT2D eigenvalue weighted by Gasteiger charge is -2.05. The Bertz CT molecular complexity index is 862. The summed E-state index contributed by atoms with van der Waals surface area (Å²) >= 11 is 3.73. The molecule has 0 saturated carbocycles. The Kier molecular flexibility index (Phi) is 5.76. The number of rotatable bonds is 6. The molecule has 27 heavy (non-hydrogen) atoms. The molecule has 0 aliphatic rings. The van der Waals surface area contributed by atoms with Crippen LogP contribution in [-0.2, 0) is 0 Å². The van der Waals surface area contributed by atoms with Gasteiger partial charge in [-0.05, 0) is 53.5 Å². The average molecular weight is 412 g/mol. The summed E-state index contributed by atoms with van der Waals surface area (Å²) < 4.78 is 0. The molecule has 4 heterocycles. The molecule has 4 aromatic rings. The minimum atomic E-state index is 0.466. The van der Waals surface area contributed by atoms with Gasteiger partial charge in [0.05, 0.1) is 0 Å². The summed E-state index contributed by atoms with van der Waals surface area (Å²) in [5, 5.41) is 3.03. The lowest BCUT2D eigenvalue weighted by molar-refractivity contribution is 0.711. The summed E-state index contributed by atoms with van der Waals surface area (Å²) in [6, 6.07) is 5.25. The zero-order valence-corrected chi connectivity index (χ0v) is 15.9.